The fourth-order valence-corrected chi connectivity index (χ4v) is 4.21. The van der Waals surface area contributed by atoms with Gasteiger partial charge in [0, 0.05) is 31.1 Å². The molecule has 24 heavy (non-hydrogen) atoms. The van der Waals surface area contributed by atoms with Crippen molar-refractivity contribution in [3.63, 3.8) is 0 Å². The van der Waals surface area contributed by atoms with Gasteiger partial charge in [-0.1, -0.05) is 6.07 Å². The number of aromatic nitrogens is 2. The Balaban J connectivity index is 1.48. The van der Waals surface area contributed by atoms with E-state index in [0.717, 1.165) is 17.3 Å². The van der Waals surface area contributed by atoms with Gasteiger partial charge in [-0.3, -0.25) is 14.3 Å². The molecule has 0 aromatic carbocycles. The number of carbonyl (C=O) groups excluding carboxylic acids is 2. The molecule has 4 rings (SSSR count). The van der Waals surface area contributed by atoms with Gasteiger partial charge >= 0.3 is 0 Å². The number of nitrogens with zero attached hydrogens (tertiary/aromatic N) is 3. The third-order valence-electron chi connectivity index (χ3n) is 4.80. The maximum Gasteiger partial charge on any atom is 0.230 e. The zero-order valence-corrected chi connectivity index (χ0v) is 14.3. The Bertz CT molecular complexity index is 750. The molecule has 0 spiro atoms. The highest BCUT2D eigenvalue weighted by Gasteiger charge is 2.43. The van der Waals surface area contributed by atoms with Crippen LogP contribution in [-0.4, -0.2) is 33.5 Å². The van der Waals surface area contributed by atoms with Crippen LogP contribution in [0.25, 0.3) is 0 Å². The highest BCUT2D eigenvalue weighted by Crippen LogP contribution is 2.39. The predicted octanol–water partition coefficient (Wildman–Crippen LogP) is 2.51. The molecular weight excluding hydrogens is 324 g/mol. The Hall–Kier alpha value is -2.15. The van der Waals surface area contributed by atoms with Gasteiger partial charge in [0.1, 0.15) is 0 Å². The fourth-order valence-electron chi connectivity index (χ4n) is 3.28. The number of nitrogens with one attached hydrogen (secondary N) is 1. The van der Waals surface area contributed by atoms with Gasteiger partial charge in [-0.25, -0.2) is 0 Å². The summed E-state index contributed by atoms with van der Waals surface area (Å²) in [7, 11) is 1.77. The molecule has 2 fully saturated rings. The van der Waals surface area contributed by atoms with Crippen molar-refractivity contribution in [2.24, 2.45) is 11.8 Å². The number of rotatable bonds is 5. The summed E-state index contributed by atoms with van der Waals surface area (Å²) in [6.07, 6.45) is 6.33. The SMILES string of the molecule is CN1C(=O)C[C@H](C(=O)Nc2cnn(CC3CC3)c2)[C@@H]1c1cccs1. The molecule has 6 nitrogen and oxygen atoms in total. The zero-order valence-electron chi connectivity index (χ0n) is 13.5. The van der Waals surface area contributed by atoms with E-state index in [1.54, 1.807) is 29.5 Å². The number of carbonyl (C=O) groups is 2. The topological polar surface area (TPSA) is 67.2 Å². The Kier molecular flexibility index (Phi) is 3.88. The summed E-state index contributed by atoms with van der Waals surface area (Å²) in [4.78, 5) is 27.6. The summed E-state index contributed by atoms with van der Waals surface area (Å²) >= 11 is 1.58. The van der Waals surface area contributed by atoms with Crippen molar-refractivity contribution in [3.8, 4) is 0 Å². The van der Waals surface area contributed by atoms with Crippen molar-refractivity contribution in [3.05, 3.63) is 34.8 Å². The molecular formula is C17H20N4O2S. The normalized spacial score (nSPS) is 23.7. The van der Waals surface area contributed by atoms with Crippen LogP contribution < -0.4 is 5.32 Å². The van der Waals surface area contributed by atoms with Crippen molar-refractivity contribution in [1.82, 2.24) is 14.7 Å². The van der Waals surface area contributed by atoms with Crippen LogP contribution in [0.2, 0.25) is 0 Å². The number of amides is 2. The lowest BCUT2D eigenvalue weighted by atomic mass is 9.98. The van der Waals surface area contributed by atoms with Crippen LogP contribution in [0.5, 0.6) is 0 Å². The predicted molar refractivity (Wildman–Crippen MR) is 91.5 cm³/mol. The first-order valence-electron chi connectivity index (χ1n) is 8.24. The van der Waals surface area contributed by atoms with E-state index in [9.17, 15) is 9.59 Å². The largest absolute Gasteiger partial charge is 0.337 e. The van der Waals surface area contributed by atoms with E-state index in [0.29, 0.717) is 5.69 Å². The first-order valence-corrected chi connectivity index (χ1v) is 9.12. The standard InChI is InChI=1S/C17H20N4O2S/c1-20-15(22)7-13(16(20)14-3-2-6-24-14)17(23)19-12-8-18-21(10-12)9-11-4-5-11/h2-3,6,8,10-11,13,16H,4-5,7,9H2,1H3,(H,19,23)/t13-,16+/m0/s1. The Morgan fingerprint density at radius 2 is 2.29 bits per heavy atom. The van der Waals surface area contributed by atoms with Gasteiger partial charge in [0.15, 0.2) is 0 Å². The first-order chi connectivity index (χ1) is 11.6. The minimum atomic E-state index is -0.368. The van der Waals surface area contributed by atoms with E-state index in [1.807, 2.05) is 28.4 Å². The molecule has 1 aliphatic carbocycles. The third kappa shape index (κ3) is 2.96. The first kappa shape index (κ1) is 15.4. The molecule has 126 valence electrons. The minimum absolute atomic E-state index is 0.0120. The van der Waals surface area contributed by atoms with Crippen molar-refractivity contribution in [2.45, 2.75) is 31.8 Å². The van der Waals surface area contributed by atoms with Gasteiger partial charge in [0.05, 0.1) is 23.8 Å². The molecule has 0 unspecified atom stereocenters. The van der Waals surface area contributed by atoms with Gasteiger partial charge in [0.25, 0.3) is 0 Å². The van der Waals surface area contributed by atoms with Crippen LogP contribution in [0.15, 0.2) is 29.9 Å². The average Bonchev–Trinajstić information content (AvgIpc) is 2.95. The summed E-state index contributed by atoms with van der Waals surface area (Å²) in [6.45, 7) is 0.915. The van der Waals surface area contributed by atoms with Gasteiger partial charge in [0.2, 0.25) is 11.8 Å². The van der Waals surface area contributed by atoms with Crippen LogP contribution in [-0.2, 0) is 16.1 Å². The van der Waals surface area contributed by atoms with Gasteiger partial charge in [-0.05, 0) is 30.2 Å². The van der Waals surface area contributed by atoms with E-state index in [2.05, 4.69) is 10.4 Å². The molecule has 1 saturated heterocycles. The summed E-state index contributed by atoms with van der Waals surface area (Å²) < 4.78 is 1.88. The van der Waals surface area contributed by atoms with Crippen molar-refractivity contribution in [2.75, 3.05) is 12.4 Å². The molecule has 7 heteroatoms. The maximum absolute atomic E-state index is 12.7. The zero-order chi connectivity index (χ0) is 16.7. The Morgan fingerprint density at radius 1 is 1.46 bits per heavy atom. The second-order valence-electron chi connectivity index (χ2n) is 6.66. The summed E-state index contributed by atoms with van der Waals surface area (Å²) in [6, 6.07) is 3.75. The molecule has 2 aliphatic rings. The lowest BCUT2D eigenvalue weighted by Crippen LogP contribution is -2.29. The van der Waals surface area contributed by atoms with Gasteiger partial charge in [-0.2, -0.15) is 5.10 Å². The molecule has 1 N–H and O–H groups in total. The summed E-state index contributed by atoms with van der Waals surface area (Å²) in [5.41, 5.74) is 0.701. The molecule has 2 amide bonds. The van der Waals surface area contributed by atoms with E-state index < -0.39 is 0 Å². The second kappa shape index (κ2) is 6.05. The quantitative estimate of drug-likeness (QED) is 0.906. The lowest BCUT2D eigenvalue weighted by Gasteiger charge is -2.23. The molecule has 1 aliphatic heterocycles. The van der Waals surface area contributed by atoms with E-state index in [-0.39, 0.29) is 30.2 Å². The summed E-state index contributed by atoms with van der Waals surface area (Å²) in [5, 5.41) is 9.21. The number of hydrogen-bond acceptors (Lipinski definition) is 4. The monoisotopic (exact) mass is 344 g/mol. The molecule has 0 bridgehead atoms. The van der Waals surface area contributed by atoms with Crippen LogP contribution >= 0.6 is 11.3 Å². The highest BCUT2D eigenvalue weighted by atomic mass is 32.1. The van der Waals surface area contributed by atoms with Crippen molar-refractivity contribution < 1.29 is 9.59 Å². The average molecular weight is 344 g/mol. The van der Waals surface area contributed by atoms with Crippen LogP contribution in [0.1, 0.15) is 30.2 Å². The van der Waals surface area contributed by atoms with Crippen LogP contribution in [0.3, 0.4) is 0 Å². The molecule has 0 radical (unpaired) electrons. The molecule has 2 aromatic rings. The Morgan fingerprint density at radius 3 is 3.00 bits per heavy atom. The number of anilines is 1. The molecule has 3 heterocycles. The lowest BCUT2D eigenvalue weighted by molar-refractivity contribution is -0.127. The number of thiophene rings is 1. The maximum atomic E-state index is 12.7. The minimum Gasteiger partial charge on any atom is -0.337 e. The molecule has 2 atom stereocenters. The van der Waals surface area contributed by atoms with Crippen LogP contribution in [0.4, 0.5) is 5.69 Å². The van der Waals surface area contributed by atoms with Crippen molar-refractivity contribution >= 4 is 28.8 Å². The van der Waals surface area contributed by atoms with Gasteiger partial charge < -0.3 is 10.2 Å². The smallest absolute Gasteiger partial charge is 0.230 e. The number of likely N-dealkylation sites (tertiary alicyclic amines) is 1. The van der Waals surface area contributed by atoms with Crippen LogP contribution in [0, 0.1) is 11.8 Å². The third-order valence-corrected chi connectivity index (χ3v) is 5.74. The molecule has 1 saturated carbocycles. The fraction of sp³-hybridized carbons (Fsp3) is 0.471. The summed E-state index contributed by atoms with van der Waals surface area (Å²) in [5.74, 6) is 0.265. The van der Waals surface area contributed by atoms with E-state index in [4.69, 9.17) is 0 Å². The van der Waals surface area contributed by atoms with E-state index in [1.165, 1.54) is 12.8 Å². The molecule has 2 aromatic heterocycles. The van der Waals surface area contributed by atoms with E-state index >= 15 is 0 Å². The second-order valence-corrected chi connectivity index (χ2v) is 7.64. The van der Waals surface area contributed by atoms with Crippen molar-refractivity contribution in [1.29, 1.82) is 0 Å². The number of hydrogen-bond donors (Lipinski definition) is 1. The highest BCUT2D eigenvalue weighted by molar-refractivity contribution is 7.10. The Labute approximate surface area is 144 Å². The van der Waals surface area contributed by atoms with Gasteiger partial charge in [-0.15, -0.1) is 11.3 Å².